The van der Waals surface area contributed by atoms with Crippen molar-refractivity contribution >= 4 is 27.4 Å². The first-order valence-electron chi connectivity index (χ1n) is 8.95. The van der Waals surface area contributed by atoms with Crippen LogP contribution < -0.4 is 5.32 Å². The molecule has 0 spiro atoms. The van der Waals surface area contributed by atoms with Gasteiger partial charge in [0.15, 0.2) is 16.4 Å². The highest BCUT2D eigenvalue weighted by Gasteiger charge is 2.29. The number of sulfone groups is 1. The van der Waals surface area contributed by atoms with E-state index in [-0.39, 0.29) is 11.6 Å². The number of benzene rings is 1. The van der Waals surface area contributed by atoms with Gasteiger partial charge in [-0.2, -0.15) is 0 Å². The maximum atomic E-state index is 12.1. The van der Waals surface area contributed by atoms with E-state index in [0.29, 0.717) is 11.8 Å². The minimum Gasteiger partial charge on any atom is -0.452 e. The summed E-state index contributed by atoms with van der Waals surface area (Å²) >= 11 is 0. The minimum absolute atomic E-state index is 0.0186. The van der Waals surface area contributed by atoms with Gasteiger partial charge in [0, 0.05) is 18.4 Å². The molecule has 9 nitrogen and oxygen atoms in total. The third kappa shape index (κ3) is 5.28. The van der Waals surface area contributed by atoms with Crippen molar-refractivity contribution in [2.24, 2.45) is 11.8 Å². The van der Waals surface area contributed by atoms with E-state index in [1.165, 1.54) is 0 Å². The zero-order valence-electron chi connectivity index (χ0n) is 16.0. The van der Waals surface area contributed by atoms with Crippen LogP contribution in [0.25, 0.3) is 0 Å². The lowest BCUT2D eigenvalue weighted by atomic mass is 9.78. The predicted molar refractivity (Wildman–Crippen MR) is 101 cm³/mol. The van der Waals surface area contributed by atoms with Crippen LogP contribution in [0.5, 0.6) is 0 Å². The van der Waals surface area contributed by atoms with Crippen LogP contribution in [-0.4, -0.2) is 44.1 Å². The molecule has 154 valence electrons. The fraction of sp³-hybridized carbons (Fsp3) is 0.556. The Labute approximate surface area is 163 Å². The van der Waals surface area contributed by atoms with Gasteiger partial charge in [0.2, 0.25) is 0 Å². The smallest absolute Gasteiger partial charge is 0.338 e. The third-order valence-electron chi connectivity index (χ3n) is 5.18. The first-order valence-corrected chi connectivity index (χ1v) is 10.8. The summed E-state index contributed by atoms with van der Waals surface area (Å²) in [6.45, 7) is 3.69. The number of nitro benzene ring substituents is 1. The van der Waals surface area contributed by atoms with E-state index in [1.807, 2.05) is 0 Å². The van der Waals surface area contributed by atoms with Gasteiger partial charge in [-0.1, -0.05) is 26.7 Å². The van der Waals surface area contributed by atoms with Crippen LogP contribution in [0.4, 0.5) is 5.69 Å². The Morgan fingerprint density at radius 3 is 2.57 bits per heavy atom. The highest BCUT2D eigenvalue weighted by Crippen LogP contribution is 2.29. The Morgan fingerprint density at radius 2 is 1.96 bits per heavy atom. The van der Waals surface area contributed by atoms with Crippen molar-refractivity contribution in [2.45, 2.75) is 44.0 Å². The number of nitrogens with one attached hydrogen (secondary N) is 1. The van der Waals surface area contributed by atoms with Crippen LogP contribution in [0, 0.1) is 22.0 Å². The summed E-state index contributed by atoms with van der Waals surface area (Å²) in [4.78, 5) is 33.9. The lowest BCUT2D eigenvalue weighted by molar-refractivity contribution is -0.387. The number of amides is 1. The van der Waals surface area contributed by atoms with Gasteiger partial charge in [-0.15, -0.1) is 0 Å². The van der Waals surface area contributed by atoms with E-state index < -0.39 is 43.8 Å². The quantitative estimate of drug-likeness (QED) is 0.430. The maximum Gasteiger partial charge on any atom is 0.338 e. The fourth-order valence-corrected chi connectivity index (χ4v) is 4.18. The SMILES string of the molecule is C[C@@H]1[C@H](C)CCC[C@@H]1NC(=O)COC(=O)c1ccc(S(C)(=O)=O)c([N+](=O)[O-])c1. The molecule has 1 amide bonds. The summed E-state index contributed by atoms with van der Waals surface area (Å²) in [5, 5.41) is 14.0. The molecule has 0 radical (unpaired) electrons. The second-order valence-electron chi connectivity index (χ2n) is 7.23. The summed E-state index contributed by atoms with van der Waals surface area (Å²) in [5.41, 5.74) is -0.919. The summed E-state index contributed by atoms with van der Waals surface area (Å²) < 4.78 is 28.2. The minimum atomic E-state index is -3.83. The average Bonchev–Trinajstić information content (AvgIpc) is 2.62. The van der Waals surface area contributed by atoms with Crippen molar-refractivity contribution in [2.75, 3.05) is 12.9 Å². The highest BCUT2D eigenvalue weighted by molar-refractivity contribution is 7.90. The molecule has 1 aromatic rings. The number of carbonyl (C=O) groups is 2. The molecular weight excluding hydrogens is 388 g/mol. The van der Waals surface area contributed by atoms with Gasteiger partial charge in [-0.3, -0.25) is 14.9 Å². The van der Waals surface area contributed by atoms with Crippen molar-refractivity contribution < 1.29 is 27.7 Å². The Hall–Kier alpha value is -2.49. The number of hydrogen-bond donors (Lipinski definition) is 1. The summed E-state index contributed by atoms with van der Waals surface area (Å²) in [7, 11) is -3.83. The van der Waals surface area contributed by atoms with Crippen LogP contribution in [0.2, 0.25) is 0 Å². The van der Waals surface area contributed by atoms with Crippen molar-refractivity contribution in [3.8, 4) is 0 Å². The van der Waals surface area contributed by atoms with Crippen LogP contribution in [0.3, 0.4) is 0 Å². The number of nitro groups is 1. The molecule has 10 heteroatoms. The molecule has 0 aromatic heterocycles. The molecule has 0 heterocycles. The first-order chi connectivity index (χ1) is 13.0. The zero-order chi connectivity index (χ0) is 21.1. The largest absolute Gasteiger partial charge is 0.452 e. The second kappa shape index (κ2) is 8.68. The number of carbonyl (C=O) groups excluding carboxylic acids is 2. The van der Waals surface area contributed by atoms with Gasteiger partial charge >= 0.3 is 5.97 Å². The summed E-state index contributed by atoms with van der Waals surface area (Å²) in [5.74, 6) is -0.569. The van der Waals surface area contributed by atoms with Gasteiger partial charge in [-0.25, -0.2) is 13.2 Å². The van der Waals surface area contributed by atoms with E-state index in [9.17, 15) is 28.1 Å². The fourth-order valence-electron chi connectivity index (χ4n) is 3.35. The Balaban J connectivity index is 2.02. The average molecular weight is 412 g/mol. The molecule has 1 fully saturated rings. The first kappa shape index (κ1) is 21.8. The number of hydrogen-bond acceptors (Lipinski definition) is 7. The maximum absolute atomic E-state index is 12.1. The molecule has 0 unspecified atom stereocenters. The van der Waals surface area contributed by atoms with Crippen molar-refractivity contribution in [1.29, 1.82) is 0 Å². The molecule has 1 aromatic carbocycles. The molecule has 1 aliphatic rings. The van der Waals surface area contributed by atoms with Crippen LogP contribution in [0.15, 0.2) is 23.1 Å². The second-order valence-corrected chi connectivity index (χ2v) is 9.21. The van der Waals surface area contributed by atoms with Gasteiger partial charge < -0.3 is 10.1 Å². The van der Waals surface area contributed by atoms with Crippen molar-refractivity contribution in [1.82, 2.24) is 5.32 Å². The van der Waals surface area contributed by atoms with Gasteiger partial charge in [0.05, 0.1) is 10.5 Å². The molecule has 1 aliphatic carbocycles. The number of nitrogens with zero attached hydrogens (tertiary/aromatic N) is 1. The van der Waals surface area contributed by atoms with Crippen molar-refractivity contribution in [3.05, 3.63) is 33.9 Å². The Kier molecular flexibility index (Phi) is 6.76. The van der Waals surface area contributed by atoms with Gasteiger partial charge in [0.1, 0.15) is 4.90 Å². The predicted octanol–water partition coefficient (Wildman–Crippen LogP) is 2.10. The molecule has 3 atom stereocenters. The molecule has 2 rings (SSSR count). The molecule has 0 aliphatic heterocycles. The van der Waals surface area contributed by atoms with Crippen LogP contribution >= 0.6 is 0 Å². The van der Waals surface area contributed by atoms with E-state index >= 15 is 0 Å². The van der Waals surface area contributed by atoms with E-state index in [4.69, 9.17) is 4.74 Å². The number of ether oxygens (including phenoxy) is 1. The van der Waals surface area contributed by atoms with Crippen LogP contribution in [-0.2, 0) is 19.4 Å². The van der Waals surface area contributed by atoms with Gasteiger partial charge in [-0.05, 0) is 30.4 Å². The monoisotopic (exact) mass is 412 g/mol. The number of rotatable bonds is 6. The third-order valence-corrected chi connectivity index (χ3v) is 6.32. The van der Waals surface area contributed by atoms with Crippen molar-refractivity contribution in [3.63, 3.8) is 0 Å². The molecule has 0 bridgehead atoms. The lowest BCUT2D eigenvalue weighted by Gasteiger charge is -2.34. The molecule has 1 saturated carbocycles. The normalized spacial score (nSPS) is 22.3. The van der Waals surface area contributed by atoms with E-state index in [0.717, 1.165) is 43.7 Å². The van der Waals surface area contributed by atoms with Gasteiger partial charge in [0.25, 0.3) is 11.6 Å². The summed E-state index contributed by atoms with van der Waals surface area (Å²) in [6.07, 6.45) is 3.84. The topological polar surface area (TPSA) is 133 Å². The standard InChI is InChI=1S/C18H24N2O7S/c1-11-5-4-6-14(12(11)2)19-17(21)10-27-18(22)13-7-8-16(28(3,25)26)15(9-13)20(23)24/h7-9,11-12,14H,4-6,10H2,1-3H3,(H,19,21)/t11-,12-,14+/m1/s1. The lowest BCUT2D eigenvalue weighted by Crippen LogP contribution is -2.45. The molecule has 0 saturated heterocycles. The Morgan fingerprint density at radius 1 is 1.29 bits per heavy atom. The van der Waals surface area contributed by atoms with E-state index in [2.05, 4.69) is 19.2 Å². The van der Waals surface area contributed by atoms with E-state index in [1.54, 1.807) is 0 Å². The number of esters is 1. The summed E-state index contributed by atoms with van der Waals surface area (Å²) in [6, 6.07) is 2.95. The molecule has 28 heavy (non-hydrogen) atoms. The van der Waals surface area contributed by atoms with Crippen LogP contribution in [0.1, 0.15) is 43.5 Å². The molecule has 1 N–H and O–H groups in total. The Bertz CT molecular complexity index is 882. The zero-order valence-corrected chi connectivity index (χ0v) is 16.8. The highest BCUT2D eigenvalue weighted by atomic mass is 32.2. The molecular formula is C18H24N2O7S.